The molecule has 0 amide bonds. The van der Waals surface area contributed by atoms with E-state index in [1.165, 1.54) is 48.5 Å². The fourth-order valence-corrected chi connectivity index (χ4v) is 5.08. The lowest BCUT2D eigenvalue weighted by atomic mass is 9.98. The van der Waals surface area contributed by atoms with E-state index in [1.807, 2.05) is 11.3 Å². The lowest BCUT2D eigenvalue weighted by Crippen LogP contribution is -1.87. The molecule has 0 N–H and O–H groups in total. The van der Waals surface area contributed by atoms with E-state index in [1.54, 1.807) is 0 Å². The van der Waals surface area contributed by atoms with Crippen molar-refractivity contribution in [2.45, 2.75) is 34.6 Å². The van der Waals surface area contributed by atoms with Crippen molar-refractivity contribution >= 4 is 21.6 Å². The number of pyridine rings is 1. The molecule has 0 unspecified atom stereocenters. The normalized spacial score (nSPS) is 11.3. The van der Waals surface area contributed by atoms with Crippen molar-refractivity contribution in [3.63, 3.8) is 0 Å². The van der Waals surface area contributed by atoms with Crippen LogP contribution >= 0.6 is 11.3 Å². The zero-order valence-corrected chi connectivity index (χ0v) is 16.8. The summed E-state index contributed by atoms with van der Waals surface area (Å²) >= 11 is 1.83. The van der Waals surface area contributed by atoms with Crippen LogP contribution in [0.4, 0.5) is 0 Å². The quantitative estimate of drug-likeness (QED) is 0.370. The summed E-state index contributed by atoms with van der Waals surface area (Å²) in [4.78, 5) is 6.27. The number of aromatic nitrogens is 1. The molecule has 1 nitrogen and oxygen atoms in total. The SMILES string of the molecule is Cc1cc(C)cc(-c2ccc3sc(-c4c(C)cc(C)cc4C)cc3n2)c1. The number of benzene rings is 2. The van der Waals surface area contributed by atoms with Crippen LogP contribution in [0, 0.1) is 34.6 Å². The summed E-state index contributed by atoms with van der Waals surface area (Å²) in [6.45, 7) is 10.8. The van der Waals surface area contributed by atoms with Crippen LogP contribution in [0.2, 0.25) is 0 Å². The van der Waals surface area contributed by atoms with Gasteiger partial charge in [0.15, 0.2) is 0 Å². The van der Waals surface area contributed by atoms with Gasteiger partial charge in [0.2, 0.25) is 0 Å². The minimum atomic E-state index is 1.05. The lowest BCUT2D eigenvalue weighted by molar-refractivity contribution is 1.33. The fourth-order valence-electron chi connectivity index (χ4n) is 3.90. The van der Waals surface area contributed by atoms with Gasteiger partial charge < -0.3 is 0 Å². The average molecular weight is 358 g/mol. The number of hydrogen-bond donors (Lipinski definition) is 0. The van der Waals surface area contributed by atoms with Crippen LogP contribution in [0.15, 0.2) is 48.5 Å². The maximum Gasteiger partial charge on any atom is 0.0823 e. The van der Waals surface area contributed by atoms with Gasteiger partial charge in [0.05, 0.1) is 15.9 Å². The van der Waals surface area contributed by atoms with E-state index >= 15 is 0 Å². The lowest BCUT2D eigenvalue weighted by Gasteiger charge is -2.09. The second kappa shape index (κ2) is 6.37. The van der Waals surface area contributed by atoms with Crippen LogP contribution in [0.5, 0.6) is 0 Å². The highest BCUT2D eigenvalue weighted by Crippen LogP contribution is 2.37. The molecule has 0 atom stereocenters. The fraction of sp³-hybridized carbons (Fsp3) is 0.208. The number of thiophene rings is 1. The summed E-state index contributed by atoms with van der Waals surface area (Å²) in [5.41, 5.74) is 11.2. The van der Waals surface area contributed by atoms with Crippen molar-refractivity contribution in [2.24, 2.45) is 0 Å². The van der Waals surface area contributed by atoms with E-state index in [-0.39, 0.29) is 0 Å². The summed E-state index contributed by atoms with van der Waals surface area (Å²) < 4.78 is 1.24. The molecular formula is C24H23NS. The second-order valence-corrected chi connectivity index (χ2v) is 8.42. The van der Waals surface area contributed by atoms with Crippen LogP contribution in [0.3, 0.4) is 0 Å². The predicted octanol–water partition coefficient (Wildman–Crippen LogP) is 7.17. The second-order valence-electron chi connectivity index (χ2n) is 7.34. The topological polar surface area (TPSA) is 12.9 Å². The van der Waals surface area contributed by atoms with Crippen LogP contribution < -0.4 is 0 Å². The Kier molecular flexibility index (Phi) is 4.16. The molecule has 0 bridgehead atoms. The standard InChI is InChI=1S/C24H23NS/c1-14-8-15(2)12-19(11-14)20-6-7-22-21(25-20)13-23(26-22)24-17(4)9-16(3)10-18(24)5/h6-13H,1-5H3. The Hall–Kier alpha value is -2.45. The monoisotopic (exact) mass is 357 g/mol. The van der Waals surface area contributed by atoms with Crippen LogP contribution in [-0.4, -0.2) is 4.98 Å². The van der Waals surface area contributed by atoms with Gasteiger partial charge in [0, 0.05) is 10.4 Å². The van der Waals surface area contributed by atoms with E-state index in [4.69, 9.17) is 4.98 Å². The molecule has 4 rings (SSSR count). The van der Waals surface area contributed by atoms with E-state index in [2.05, 4.69) is 83.1 Å². The smallest absolute Gasteiger partial charge is 0.0823 e. The summed E-state index contributed by atoms with van der Waals surface area (Å²) in [5, 5.41) is 0. The van der Waals surface area contributed by atoms with E-state index < -0.39 is 0 Å². The molecule has 0 aliphatic carbocycles. The van der Waals surface area contributed by atoms with Gasteiger partial charge in [0.25, 0.3) is 0 Å². The van der Waals surface area contributed by atoms with Crippen molar-refractivity contribution in [2.75, 3.05) is 0 Å². The first-order chi connectivity index (χ1) is 12.4. The first kappa shape index (κ1) is 17.0. The molecule has 2 aromatic heterocycles. The summed E-state index contributed by atoms with van der Waals surface area (Å²) in [6.07, 6.45) is 0. The maximum atomic E-state index is 4.96. The Balaban J connectivity index is 1.84. The Bertz CT molecular complexity index is 1090. The number of hydrogen-bond acceptors (Lipinski definition) is 2. The molecule has 0 aliphatic heterocycles. The number of aryl methyl sites for hydroxylation is 5. The molecule has 2 heterocycles. The number of fused-ring (bicyclic) bond motifs is 1. The van der Waals surface area contributed by atoms with Gasteiger partial charge in [-0.2, -0.15) is 0 Å². The molecule has 0 radical (unpaired) electrons. The zero-order chi connectivity index (χ0) is 18.4. The van der Waals surface area contributed by atoms with Gasteiger partial charge in [-0.05, 0) is 81.6 Å². The number of rotatable bonds is 2. The third-order valence-electron chi connectivity index (χ3n) is 4.81. The predicted molar refractivity (Wildman–Crippen MR) is 114 cm³/mol. The number of nitrogens with zero attached hydrogens (tertiary/aromatic N) is 1. The van der Waals surface area contributed by atoms with Gasteiger partial charge in [-0.1, -0.05) is 34.9 Å². The third kappa shape index (κ3) is 3.06. The van der Waals surface area contributed by atoms with Crippen molar-refractivity contribution in [1.82, 2.24) is 4.98 Å². The van der Waals surface area contributed by atoms with Gasteiger partial charge in [-0.3, -0.25) is 0 Å². The molecular weight excluding hydrogens is 334 g/mol. The van der Waals surface area contributed by atoms with Crippen molar-refractivity contribution in [3.05, 3.63) is 76.3 Å². The molecule has 0 spiro atoms. The third-order valence-corrected chi connectivity index (χ3v) is 5.92. The molecule has 26 heavy (non-hydrogen) atoms. The highest BCUT2D eigenvalue weighted by atomic mass is 32.1. The van der Waals surface area contributed by atoms with Crippen LogP contribution in [0.1, 0.15) is 27.8 Å². The van der Waals surface area contributed by atoms with Gasteiger partial charge in [0.1, 0.15) is 0 Å². The molecule has 2 heteroatoms. The highest BCUT2D eigenvalue weighted by molar-refractivity contribution is 7.22. The highest BCUT2D eigenvalue weighted by Gasteiger charge is 2.12. The molecule has 0 saturated heterocycles. The Morgan fingerprint density at radius 1 is 0.692 bits per heavy atom. The van der Waals surface area contributed by atoms with Crippen LogP contribution in [-0.2, 0) is 0 Å². The average Bonchev–Trinajstić information content (AvgIpc) is 2.95. The largest absolute Gasteiger partial charge is 0.247 e. The van der Waals surface area contributed by atoms with Gasteiger partial charge >= 0.3 is 0 Å². The summed E-state index contributed by atoms with van der Waals surface area (Å²) in [6, 6.07) is 17.8. The van der Waals surface area contributed by atoms with E-state index in [0.717, 1.165) is 11.2 Å². The first-order valence-corrected chi connectivity index (χ1v) is 9.80. The maximum absolute atomic E-state index is 4.96. The van der Waals surface area contributed by atoms with Crippen molar-refractivity contribution < 1.29 is 0 Å². The molecule has 2 aromatic carbocycles. The molecule has 0 saturated carbocycles. The summed E-state index contributed by atoms with van der Waals surface area (Å²) in [7, 11) is 0. The zero-order valence-electron chi connectivity index (χ0n) is 16.0. The van der Waals surface area contributed by atoms with E-state index in [0.29, 0.717) is 0 Å². The molecule has 4 aromatic rings. The Morgan fingerprint density at radius 2 is 1.31 bits per heavy atom. The van der Waals surface area contributed by atoms with Gasteiger partial charge in [-0.15, -0.1) is 11.3 Å². The molecule has 0 aliphatic rings. The Labute approximate surface area is 159 Å². The summed E-state index contributed by atoms with van der Waals surface area (Å²) in [5.74, 6) is 0. The minimum Gasteiger partial charge on any atom is -0.247 e. The van der Waals surface area contributed by atoms with E-state index in [9.17, 15) is 0 Å². The van der Waals surface area contributed by atoms with Gasteiger partial charge in [-0.25, -0.2) is 4.98 Å². The van der Waals surface area contributed by atoms with Crippen LogP contribution in [0.25, 0.3) is 31.9 Å². The van der Waals surface area contributed by atoms with Crippen molar-refractivity contribution in [1.29, 1.82) is 0 Å². The molecule has 130 valence electrons. The minimum absolute atomic E-state index is 1.05. The molecule has 0 fully saturated rings. The Morgan fingerprint density at radius 3 is 1.96 bits per heavy atom. The van der Waals surface area contributed by atoms with Crippen molar-refractivity contribution in [3.8, 4) is 21.7 Å². The first-order valence-electron chi connectivity index (χ1n) is 8.98.